The van der Waals surface area contributed by atoms with Gasteiger partial charge in [0.25, 0.3) is 0 Å². The molecule has 0 radical (unpaired) electrons. The molecular weight excluding hydrogens is 403 g/mol. The summed E-state index contributed by atoms with van der Waals surface area (Å²) >= 11 is 0. The maximum Gasteiger partial charge on any atom is 0.191 e. The summed E-state index contributed by atoms with van der Waals surface area (Å²) in [5.74, 6) is 2.11. The fourth-order valence-corrected chi connectivity index (χ4v) is 2.83. The summed E-state index contributed by atoms with van der Waals surface area (Å²) in [6.07, 6.45) is 3.98. The van der Waals surface area contributed by atoms with E-state index in [-0.39, 0.29) is 24.0 Å². The van der Waals surface area contributed by atoms with Crippen LogP contribution in [-0.2, 0) is 6.54 Å². The van der Waals surface area contributed by atoms with Gasteiger partial charge >= 0.3 is 0 Å². The second-order valence-corrected chi connectivity index (χ2v) is 5.90. The van der Waals surface area contributed by atoms with Crippen molar-refractivity contribution >= 4 is 29.9 Å². The molecule has 1 aliphatic heterocycles. The normalized spacial score (nSPS) is 18.6. The maximum atomic E-state index is 6.14. The van der Waals surface area contributed by atoms with E-state index in [0.29, 0.717) is 18.4 Å². The number of nitrogens with one attached hydrogen (secondary N) is 1. The molecular formula is C16H23IN6. The van der Waals surface area contributed by atoms with E-state index in [4.69, 9.17) is 5.73 Å². The number of H-pyrrole nitrogens is 1. The van der Waals surface area contributed by atoms with Crippen LogP contribution in [0, 0.1) is 5.92 Å². The predicted octanol–water partition coefficient (Wildman–Crippen LogP) is 2.64. The summed E-state index contributed by atoms with van der Waals surface area (Å²) in [6.45, 7) is 4.87. The summed E-state index contributed by atoms with van der Waals surface area (Å²) in [6, 6.07) is 8.12. The number of hydrogen-bond acceptors (Lipinski definition) is 3. The molecule has 1 atom stereocenters. The Hall–Kier alpha value is -1.64. The van der Waals surface area contributed by atoms with Crippen molar-refractivity contribution < 1.29 is 0 Å². The second kappa shape index (κ2) is 8.28. The van der Waals surface area contributed by atoms with Crippen LogP contribution in [0.2, 0.25) is 0 Å². The number of nitrogens with two attached hydrogens (primary N) is 1. The highest BCUT2D eigenvalue weighted by atomic mass is 127. The number of guanidine groups is 1. The van der Waals surface area contributed by atoms with Crippen molar-refractivity contribution in [3.05, 3.63) is 36.2 Å². The van der Waals surface area contributed by atoms with Gasteiger partial charge in [0.1, 0.15) is 6.33 Å². The highest BCUT2D eigenvalue weighted by molar-refractivity contribution is 14.0. The Morgan fingerprint density at radius 2 is 2.35 bits per heavy atom. The van der Waals surface area contributed by atoms with Crippen LogP contribution in [0.4, 0.5) is 0 Å². The lowest BCUT2D eigenvalue weighted by Gasteiger charge is -2.31. The molecule has 7 heteroatoms. The van der Waals surface area contributed by atoms with Crippen LogP contribution in [0.3, 0.4) is 0 Å². The smallest absolute Gasteiger partial charge is 0.191 e. The lowest BCUT2D eigenvalue weighted by atomic mass is 10.0. The number of aliphatic imine (C=N–C) groups is 1. The molecule has 0 amide bonds. The van der Waals surface area contributed by atoms with Crippen LogP contribution in [0.1, 0.15) is 25.3 Å². The molecule has 1 fully saturated rings. The van der Waals surface area contributed by atoms with E-state index in [9.17, 15) is 0 Å². The fourth-order valence-electron chi connectivity index (χ4n) is 2.83. The van der Waals surface area contributed by atoms with Crippen molar-refractivity contribution in [2.75, 3.05) is 13.1 Å². The number of benzene rings is 1. The van der Waals surface area contributed by atoms with Crippen molar-refractivity contribution in [1.29, 1.82) is 0 Å². The number of rotatable bonds is 3. The number of hydrogen-bond donors (Lipinski definition) is 2. The molecule has 6 nitrogen and oxygen atoms in total. The first-order valence-corrected chi connectivity index (χ1v) is 7.72. The van der Waals surface area contributed by atoms with Crippen LogP contribution < -0.4 is 5.73 Å². The average molecular weight is 426 g/mol. The Morgan fingerprint density at radius 3 is 3.09 bits per heavy atom. The van der Waals surface area contributed by atoms with Crippen LogP contribution >= 0.6 is 24.0 Å². The van der Waals surface area contributed by atoms with E-state index in [0.717, 1.165) is 30.0 Å². The maximum absolute atomic E-state index is 6.14. The summed E-state index contributed by atoms with van der Waals surface area (Å²) in [5.41, 5.74) is 8.26. The van der Waals surface area contributed by atoms with Gasteiger partial charge in [-0.15, -0.1) is 24.0 Å². The zero-order valence-corrected chi connectivity index (χ0v) is 15.6. The third-order valence-corrected chi connectivity index (χ3v) is 4.02. The minimum absolute atomic E-state index is 0. The number of aromatic nitrogens is 3. The number of piperidine rings is 1. The molecule has 0 bridgehead atoms. The monoisotopic (exact) mass is 426 g/mol. The minimum Gasteiger partial charge on any atom is -0.370 e. The molecule has 0 spiro atoms. The van der Waals surface area contributed by atoms with Crippen molar-refractivity contribution in [2.45, 2.75) is 26.3 Å². The zero-order chi connectivity index (χ0) is 15.4. The molecule has 1 aromatic heterocycles. The Bertz CT molecular complexity index is 640. The minimum atomic E-state index is 0. The summed E-state index contributed by atoms with van der Waals surface area (Å²) in [5, 5.41) is 6.75. The molecule has 1 aliphatic rings. The Kier molecular flexibility index (Phi) is 6.37. The first-order valence-electron chi connectivity index (χ1n) is 7.72. The van der Waals surface area contributed by atoms with E-state index in [2.05, 4.69) is 44.1 Å². The molecule has 23 heavy (non-hydrogen) atoms. The summed E-state index contributed by atoms with van der Waals surface area (Å²) < 4.78 is 0. The van der Waals surface area contributed by atoms with E-state index >= 15 is 0 Å². The van der Waals surface area contributed by atoms with Crippen molar-refractivity contribution in [2.24, 2.45) is 16.6 Å². The lowest BCUT2D eigenvalue weighted by Crippen LogP contribution is -2.43. The largest absolute Gasteiger partial charge is 0.370 e. The Labute approximate surface area is 153 Å². The van der Waals surface area contributed by atoms with Crippen LogP contribution in [0.5, 0.6) is 0 Å². The first kappa shape index (κ1) is 17.7. The van der Waals surface area contributed by atoms with E-state index in [1.165, 1.54) is 19.2 Å². The summed E-state index contributed by atoms with van der Waals surface area (Å²) in [4.78, 5) is 10.9. The van der Waals surface area contributed by atoms with Gasteiger partial charge in [-0.1, -0.05) is 25.1 Å². The number of aromatic amines is 1. The highest BCUT2D eigenvalue weighted by Crippen LogP contribution is 2.17. The fraction of sp³-hybridized carbons (Fsp3) is 0.438. The van der Waals surface area contributed by atoms with Crippen molar-refractivity contribution in [1.82, 2.24) is 20.1 Å². The van der Waals surface area contributed by atoms with Gasteiger partial charge in [0.2, 0.25) is 0 Å². The van der Waals surface area contributed by atoms with Crippen LogP contribution in [-0.4, -0.2) is 39.1 Å². The molecule has 3 N–H and O–H groups in total. The SMILES string of the molecule is CC1CCCN(C(N)=NCc2cccc(-c3ncn[nH]3)c2)C1.I. The number of halogens is 1. The van der Waals surface area contributed by atoms with E-state index in [1.807, 2.05) is 12.1 Å². The highest BCUT2D eigenvalue weighted by Gasteiger charge is 2.17. The van der Waals surface area contributed by atoms with Gasteiger partial charge in [0, 0.05) is 18.7 Å². The number of likely N-dealkylation sites (tertiary alicyclic amines) is 1. The average Bonchev–Trinajstić information content (AvgIpc) is 3.07. The predicted molar refractivity (Wildman–Crippen MR) is 103 cm³/mol. The molecule has 2 heterocycles. The van der Waals surface area contributed by atoms with Gasteiger partial charge in [0.15, 0.2) is 11.8 Å². The molecule has 0 saturated carbocycles. The van der Waals surface area contributed by atoms with Crippen LogP contribution in [0.25, 0.3) is 11.4 Å². The molecule has 1 saturated heterocycles. The molecule has 124 valence electrons. The first-order chi connectivity index (χ1) is 10.7. The van der Waals surface area contributed by atoms with Crippen molar-refractivity contribution in [3.63, 3.8) is 0 Å². The van der Waals surface area contributed by atoms with Gasteiger partial charge in [-0.3, -0.25) is 5.10 Å². The topological polar surface area (TPSA) is 83.2 Å². The third-order valence-electron chi connectivity index (χ3n) is 4.02. The molecule has 0 aliphatic carbocycles. The molecule has 1 aromatic carbocycles. The molecule has 3 rings (SSSR count). The van der Waals surface area contributed by atoms with E-state index in [1.54, 1.807) is 0 Å². The summed E-state index contributed by atoms with van der Waals surface area (Å²) in [7, 11) is 0. The van der Waals surface area contributed by atoms with Gasteiger partial charge in [-0.2, -0.15) is 5.10 Å². The molecule has 2 aromatic rings. The second-order valence-electron chi connectivity index (χ2n) is 5.90. The standard InChI is InChI=1S/C16H22N6.HI/c1-12-4-3-7-22(10-12)16(17)18-9-13-5-2-6-14(8-13)15-19-11-20-21-15;/h2,5-6,8,11-12H,3-4,7,9-10H2,1H3,(H2,17,18)(H,19,20,21);1H. The van der Waals surface area contributed by atoms with Gasteiger partial charge in [0.05, 0.1) is 6.54 Å². The quantitative estimate of drug-likeness (QED) is 0.449. The zero-order valence-electron chi connectivity index (χ0n) is 13.3. The Morgan fingerprint density at radius 1 is 1.48 bits per heavy atom. The van der Waals surface area contributed by atoms with Crippen LogP contribution in [0.15, 0.2) is 35.6 Å². The van der Waals surface area contributed by atoms with Crippen molar-refractivity contribution in [3.8, 4) is 11.4 Å². The van der Waals surface area contributed by atoms with Gasteiger partial charge in [-0.25, -0.2) is 9.98 Å². The third kappa shape index (κ3) is 4.66. The molecule has 1 unspecified atom stereocenters. The Balaban J connectivity index is 0.00000192. The van der Waals surface area contributed by atoms with Gasteiger partial charge < -0.3 is 10.6 Å². The number of nitrogens with zero attached hydrogens (tertiary/aromatic N) is 4. The lowest BCUT2D eigenvalue weighted by molar-refractivity contribution is 0.270. The van der Waals surface area contributed by atoms with Gasteiger partial charge in [-0.05, 0) is 30.4 Å². The van der Waals surface area contributed by atoms with E-state index < -0.39 is 0 Å².